The lowest BCUT2D eigenvalue weighted by Gasteiger charge is -2.28. The second-order valence-corrected chi connectivity index (χ2v) is 9.48. The molecule has 0 spiro atoms. The summed E-state index contributed by atoms with van der Waals surface area (Å²) in [7, 11) is 0. The average molecular weight is 558 g/mol. The Morgan fingerprint density at radius 3 is 2.25 bits per heavy atom. The number of fused-ring (bicyclic) bond motifs is 1. The fraction of sp³-hybridized carbons (Fsp3) is 0.462. The largest absolute Gasteiger partial charge is 0.378 e. The number of nitrogens with two attached hydrogens (primary N) is 1. The van der Waals surface area contributed by atoms with Crippen molar-refractivity contribution in [2.24, 2.45) is 5.73 Å². The second kappa shape index (κ2) is 14.1. The molecule has 0 aliphatic carbocycles. The molecule has 0 saturated carbocycles. The van der Waals surface area contributed by atoms with Crippen LogP contribution in [0.15, 0.2) is 36.4 Å². The van der Waals surface area contributed by atoms with Crippen molar-refractivity contribution in [1.29, 1.82) is 0 Å². The first-order valence-corrected chi connectivity index (χ1v) is 12.9. The summed E-state index contributed by atoms with van der Waals surface area (Å²) in [6, 6.07) is 5.24. The van der Waals surface area contributed by atoms with E-state index in [1.54, 1.807) is 4.90 Å². The average Bonchev–Trinajstić information content (AvgIpc) is 2.95. The molecule has 216 valence electrons. The zero-order chi connectivity index (χ0) is 29.2. The van der Waals surface area contributed by atoms with E-state index in [0.717, 1.165) is 23.3 Å². The van der Waals surface area contributed by atoms with Crippen LogP contribution in [0.5, 0.6) is 0 Å². The number of primary amides is 1. The van der Waals surface area contributed by atoms with Crippen LogP contribution in [-0.2, 0) is 41.7 Å². The summed E-state index contributed by atoms with van der Waals surface area (Å²) in [6.45, 7) is 4.66. The first kappa shape index (κ1) is 30.1. The van der Waals surface area contributed by atoms with Gasteiger partial charge in [0, 0.05) is 38.3 Å². The molecule has 5 N–H and O–H groups in total. The van der Waals surface area contributed by atoms with Crippen molar-refractivity contribution in [3.8, 4) is 0 Å². The topological polar surface area (TPSA) is 183 Å². The van der Waals surface area contributed by atoms with Gasteiger partial charge in [-0.1, -0.05) is 24.3 Å². The standard InChI is InChI=1S/C26H35N7O7/c1-17(29-26(39)31-11-13-40-14-12-31)24(37)28-18(2)25(38)30-33(16-21(27)34)23(36)8-7-22(35)32-10-9-19-5-3-4-6-20(19)15-32/h3-8,17-18H,9-16H2,1-2H3,(H2,27,34)(H,28,37)(H,29,39)(H,30,38)/b8-7+/t17-,18+/m1/s1. The lowest BCUT2D eigenvalue weighted by molar-refractivity contribution is -0.142. The highest BCUT2D eigenvalue weighted by atomic mass is 16.5. The molecule has 14 nitrogen and oxygen atoms in total. The number of nitrogens with zero attached hydrogens (tertiary/aromatic N) is 3. The first-order chi connectivity index (χ1) is 19.0. The van der Waals surface area contributed by atoms with Crippen molar-refractivity contribution in [1.82, 2.24) is 30.9 Å². The van der Waals surface area contributed by atoms with Crippen molar-refractivity contribution in [3.05, 3.63) is 47.5 Å². The van der Waals surface area contributed by atoms with Crippen molar-refractivity contribution in [2.45, 2.75) is 38.9 Å². The summed E-state index contributed by atoms with van der Waals surface area (Å²) < 4.78 is 5.19. The Balaban J connectivity index is 1.52. The molecule has 0 aromatic heterocycles. The van der Waals surface area contributed by atoms with Crippen molar-refractivity contribution in [2.75, 3.05) is 39.4 Å². The van der Waals surface area contributed by atoms with Crippen molar-refractivity contribution < 1.29 is 33.5 Å². The molecule has 0 bridgehead atoms. The quantitative estimate of drug-likeness (QED) is 0.219. The number of hydrazine groups is 1. The van der Waals surface area contributed by atoms with Gasteiger partial charge in [-0.05, 0) is 31.4 Å². The summed E-state index contributed by atoms with van der Waals surface area (Å²) in [4.78, 5) is 77.5. The van der Waals surface area contributed by atoms with E-state index in [1.807, 2.05) is 24.3 Å². The second-order valence-electron chi connectivity index (χ2n) is 9.48. The van der Waals surface area contributed by atoms with Crippen LogP contribution in [0, 0.1) is 0 Å². The molecular formula is C26H35N7O7. The van der Waals surface area contributed by atoms with E-state index in [-0.39, 0.29) is 0 Å². The molecule has 14 heteroatoms. The van der Waals surface area contributed by atoms with Crippen LogP contribution >= 0.6 is 0 Å². The minimum absolute atomic E-state index is 0.398. The fourth-order valence-electron chi connectivity index (χ4n) is 4.09. The number of carbonyl (C=O) groups is 6. The van der Waals surface area contributed by atoms with Gasteiger partial charge in [-0.25, -0.2) is 9.80 Å². The molecule has 1 aromatic carbocycles. The number of rotatable bonds is 8. The normalized spacial score (nSPS) is 16.4. The van der Waals surface area contributed by atoms with Gasteiger partial charge in [0.2, 0.25) is 17.7 Å². The SMILES string of the molecule is C[C@H](NC(=O)[C@@H](C)NC(=O)N1CCOCC1)C(=O)NN(CC(N)=O)C(=O)/C=C/C(=O)N1CCc2ccccc2C1. The number of nitrogens with one attached hydrogen (secondary N) is 3. The van der Waals surface area contributed by atoms with E-state index >= 15 is 0 Å². The predicted octanol–water partition coefficient (Wildman–Crippen LogP) is -1.59. The van der Waals surface area contributed by atoms with Crippen molar-refractivity contribution in [3.63, 3.8) is 0 Å². The maximum absolute atomic E-state index is 12.7. The summed E-state index contributed by atoms with van der Waals surface area (Å²) in [6.07, 6.45) is 2.70. The number of urea groups is 1. The number of amides is 7. The smallest absolute Gasteiger partial charge is 0.318 e. The lowest BCUT2D eigenvalue weighted by atomic mass is 10.00. The van der Waals surface area contributed by atoms with E-state index < -0.39 is 54.2 Å². The number of ether oxygens (including phenoxy) is 1. The van der Waals surface area contributed by atoms with Gasteiger partial charge in [0.15, 0.2) is 0 Å². The molecule has 1 fully saturated rings. The molecular weight excluding hydrogens is 522 g/mol. The van der Waals surface area contributed by atoms with Gasteiger partial charge in [-0.15, -0.1) is 0 Å². The maximum atomic E-state index is 12.7. The zero-order valence-corrected chi connectivity index (χ0v) is 22.6. The molecule has 2 aliphatic rings. The van der Waals surface area contributed by atoms with Gasteiger partial charge in [0.05, 0.1) is 13.2 Å². The molecule has 0 unspecified atom stereocenters. The summed E-state index contributed by atoms with van der Waals surface area (Å²) in [5, 5.41) is 5.66. The third-order valence-electron chi connectivity index (χ3n) is 6.42. The Bertz CT molecular complexity index is 1170. The van der Waals surface area contributed by atoms with Crippen LogP contribution in [0.1, 0.15) is 25.0 Å². The summed E-state index contributed by atoms with van der Waals surface area (Å²) >= 11 is 0. The van der Waals surface area contributed by atoms with E-state index in [4.69, 9.17) is 10.5 Å². The molecule has 3 rings (SSSR count). The van der Waals surface area contributed by atoms with E-state index in [9.17, 15) is 28.8 Å². The Hall–Kier alpha value is -4.46. The zero-order valence-electron chi connectivity index (χ0n) is 22.6. The third-order valence-corrected chi connectivity index (χ3v) is 6.42. The number of carbonyl (C=O) groups excluding carboxylic acids is 6. The van der Waals surface area contributed by atoms with Gasteiger partial charge in [-0.2, -0.15) is 0 Å². The summed E-state index contributed by atoms with van der Waals surface area (Å²) in [5.74, 6) is -3.62. The minimum Gasteiger partial charge on any atom is -0.378 e. The maximum Gasteiger partial charge on any atom is 0.318 e. The van der Waals surface area contributed by atoms with Crippen LogP contribution in [-0.4, -0.2) is 102 Å². The van der Waals surface area contributed by atoms with Crippen LogP contribution in [0.25, 0.3) is 0 Å². The predicted molar refractivity (Wildman–Crippen MR) is 142 cm³/mol. The van der Waals surface area contributed by atoms with Gasteiger partial charge in [-0.3, -0.25) is 29.4 Å². The number of hydrogen-bond acceptors (Lipinski definition) is 7. The number of benzene rings is 1. The van der Waals surface area contributed by atoms with Gasteiger partial charge in [0.25, 0.3) is 11.8 Å². The Morgan fingerprint density at radius 1 is 0.925 bits per heavy atom. The Labute approximate surface area is 231 Å². The molecule has 0 radical (unpaired) electrons. The highest BCUT2D eigenvalue weighted by Gasteiger charge is 2.26. The molecule has 2 atom stereocenters. The third kappa shape index (κ3) is 8.53. The molecule has 2 aliphatic heterocycles. The highest BCUT2D eigenvalue weighted by Crippen LogP contribution is 2.18. The molecule has 1 saturated heterocycles. The molecule has 1 aromatic rings. The van der Waals surface area contributed by atoms with E-state index in [0.29, 0.717) is 50.8 Å². The Morgan fingerprint density at radius 2 is 1.57 bits per heavy atom. The van der Waals surface area contributed by atoms with E-state index in [2.05, 4.69) is 16.1 Å². The van der Waals surface area contributed by atoms with Crippen LogP contribution in [0.3, 0.4) is 0 Å². The van der Waals surface area contributed by atoms with Crippen LogP contribution in [0.4, 0.5) is 4.79 Å². The number of morpholine rings is 1. The monoisotopic (exact) mass is 557 g/mol. The van der Waals surface area contributed by atoms with Gasteiger partial charge < -0.3 is 30.9 Å². The molecule has 40 heavy (non-hydrogen) atoms. The summed E-state index contributed by atoms with van der Waals surface area (Å²) in [5.41, 5.74) is 9.66. The van der Waals surface area contributed by atoms with E-state index in [1.165, 1.54) is 18.7 Å². The highest BCUT2D eigenvalue weighted by molar-refractivity contribution is 5.99. The molecule has 2 heterocycles. The van der Waals surface area contributed by atoms with Crippen LogP contribution in [0.2, 0.25) is 0 Å². The first-order valence-electron chi connectivity index (χ1n) is 12.9. The van der Waals surface area contributed by atoms with Gasteiger partial charge >= 0.3 is 6.03 Å². The van der Waals surface area contributed by atoms with Crippen LogP contribution < -0.4 is 21.8 Å². The van der Waals surface area contributed by atoms with Crippen molar-refractivity contribution >= 4 is 35.6 Å². The molecule has 7 amide bonds. The van der Waals surface area contributed by atoms with Gasteiger partial charge in [0.1, 0.15) is 18.6 Å². The fourth-order valence-corrected chi connectivity index (χ4v) is 4.09. The lowest BCUT2D eigenvalue weighted by Crippen LogP contribution is -2.57. The number of hydrogen-bond donors (Lipinski definition) is 4. The Kier molecular flexibility index (Phi) is 10.6. The minimum atomic E-state index is -1.14.